The molecule has 4 nitrogen and oxygen atoms in total. The lowest BCUT2D eigenvalue weighted by molar-refractivity contribution is -0.151. The Kier molecular flexibility index (Phi) is 4.85. The molecule has 110 valence electrons. The van der Waals surface area contributed by atoms with E-state index in [1.54, 1.807) is 0 Å². The van der Waals surface area contributed by atoms with Gasteiger partial charge in [0.25, 0.3) is 0 Å². The van der Waals surface area contributed by atoms with Crippen molar-refractivity contribution < 1.29 is 9.53 Å². The third-order valence-electron chi connectivity index (χ3n) is 4.75. The topological polar surface area (TPSA) is 41.6 Å². The number of hydrogen-bond donors (Lipinski definition) is 1. The van der Waals surface area contributed by atoms with E-state index in [4.69, 9.17) is 4.74 Å². The van der Waals surface area contributed by atoms with Crippen molar-refractivity contribution in [3.63, 3.8) is 0 Å². The van der Waals surface area contributed by atoms with Gasteiger partial charge in [-0.3, -0.25) is 4.79 Å². The molecule has 2 unspecified atom stereocenters. The summed E-state index contributed by atoms with van der Waals surface area (Å²) in [5.41, 5.74) is -0.447. The van der Waals surface area contributed by atoms with Gasteiger partial charge in [-0.15, -0.1) is 0 Å². The van der Waals surface area contributed by atoms with Crippen LogP contribution in [0.2, 0.25) is 0 Å². The Balaban J connectivity index is 1.96. The maximum Gasteiger partial charge on any atom is 0.326 e. The van der Waals surface area contributed by atoms with Crippen molar-refractivity contribution in [1.82, 2.24) is 10.2 Å². The molecule has 2 atom stereocenters. The van der Waals surface area contributed by atoms with Gasteiger partial charge in [0, 0.05) is 12.6 Å². The van der Waals surface area contributed by atoms with Crippen molar-refractivity contribution in [2.75, 3.05) is 26.7 Å². The van der Waals surface area contributed by atoms with Gasteiger partial charge >= 0.3 is 5.97 Å². The van der Waals surface area contributed by atoms with Crippen molar-refractivity contribution >= 4 is 5.97 Å². The zero-order valence-electron chi connectivity index (χ0n) is 12.6. The number of likely N-dealkylation sites (N-methyl/N-ethyl adjacent to an activating group) is 1. The van der Waals surface area contributed by atoms with Gasteiger partial charge in [-0.25, -0.2) is 0 Å². The van der Waals surface area contributed by atoms with Gasteiger partial charge in [-0.05, 0) is 58.5 Å². The molecule has 4 heteroatoms. The molecule has 0 spiro atoms. The fraction of sp³-hybridized carbons (Fsp3) is 0.933. The zero-order valence-corrected chi connectivity index (χ0v) is 12.6. The lowest BCUT2D eigenvalue weighted by atomic mass is 9.97. The van der Waals surface area contributed by atoms with Crippen LogP contribution in [0.5, 0.6) is 0 Å². The van der Waals surface area contributed by atoms with Gasteiger partial charge < -0.3 is 15.0 Å². The van der Waals surface area contributed by atoms with Crippen LogP contribution in [0.25, 0.3) is 0 Å². The largest absolute Gasteiger partial charge is 0.465 e. The second-order valence-electron chi connectivity index (χ2n) is 5.98. The summed E-state index contributed by atoms with van der Waals surface area (Å²) in [6, 6.07) is 0.530. The number of hydrogen-bond acceptors (Lipinski definition) is 4. The Hall–Kier alpha value is -0.610. The first-order chi connectivity index (χ1) is 9.15. The van der Waals surface area contributed by atoms with Crippen molar-refractivity contribution in [3.8, 4) is 0 Å². The Morgan fingerprint density at radius 2 is 2.11 bits per heavy atom. The van der Waals surface area contributed by atoms with E-state index in [-0.39, 0.29) is 5.97 Å². The minimum absolute atomic E-state index is 0.0672. The molecule has 0 aliphatic heterocycles. The van der Waals surface area contributed by atoms with E-state index in [9.17, 15) is 4.79 Å². The van der Waals surface area contributed by atoms with Crippen molar-refractivity contribution in [2.24, 2.45) is 5.92 Å². The van der Waals surface area contributed by atoms with Crippen molar-refractivity contribution in [1.29, 1.82) is 0 Å². The molecule has 0 radical (unpaired) electrons. The number of carbonyl (C=O) groups excluding carboxylic acids is 1. The lowest BCUT2D eigenvalue weighted by Gasteiger charge is -2.30. The maximum atomic E-state index is 12.2. The van der Waals surface area contributed by atoms with Crippen LogP contribution in [0, 0.1) is 5.92 Å². The van der Waals surface area contributed by atoms with Crippen LogP contribution in [0.3, 0.4) is 0 Å². The van der Waals surface area contributed by atoms with E-state index in [1.165, 1.54) is 19.4 Å². The third kappa shape index (κ3) is 3.29. The summed E-state index contributed by atoms with van der Waals surface area (Å²) in [7, 11) is 1.89. The molecule has 0 heterocycles. The van der Waals surface area contributed by atoms with Gasteiger partial charge in [0.15, 0.2) is 0 Å². The standard InChI is InChI=1S/C15H28N2O2/c1-4-17(11-12-6-7-12)13-8-9-15(10-13,16-3)14(18)19-5-2/h12-13,16H,4-11H2,1-3H3. The van der Waals surface area contributed by atoms with Crippen molar-refractivity contribution in [2.45, 2.75) is 57.5 Å². The van der Waals surface area contributed by atoms with Gasteiger partial charge in [0.05, 0.1) is 6.61 Å². The fourth-order valence-electron chi connectivity index (χ4n) is 3.28. The zero-order chi connectivity index (χ0) is 13.9. The molecule has 2 aliphatic rings. The van der Waals surface area contributed by atoms with Crippen LogP contribution in [0.15, 0.2) is 0 Å². The quantitative estimate of drug-likeness (QED) is 0.715. The van der Waals surface area contributed by atoms with Gasteiger partial charge in [-0.2, -0.15) is 0 Å². The van der Waals surface area contributed by atoms with E-state index in [0.717, 1.165) is 31.7 Å². The lowest BCUT2D eigenvalue weighted by Crippen LogP contribution is -2.50. The van der Waals surface area contributed by atoms with Crippen LogP contribution < -0.4 is 5.32 Å². The number of rotatable bonds is 7. The van der Waals surface area contributed by atoms with Crippen LogP contribution in [0.4, 0.5) is 0 Å². The summed E-state index contributed by atoms with van der Waals surface area (Å²) in [6.07, 6.45) is 5.66. The Bertz CT molecular complexity index is 317. The average molecular weight is 268 g/mol. The first kappa shape index (κ1) is 14.8. The predicted octanol–water partition coefficient (Wildman–Crippen LogP) is 1.79. The number of nitrogens with one attached hydrogen (secondary N) is 1. The summed E-state index contributed by atoms with van der Waals surface area (Å²) in [5, 5.41) is 3.24. The first-order valence-electron chi connectivity index (χ1n) is 7.75. The predicted molar refractivity (Wildman–Crippen MR) is 76.0 cm³/mol. The van der Waals surface area contributed by atoms with Crippen LogP contribution >= 0.6 is 0 Å². The Morgan fingerprint density at radius 3 is 2.63 bits per heavy atom. The molecular formula is C15H28N2O2. The minimum Gasteiger partial charge on any atom is -0.465 e. The summed E-state index contributed by atoms with van der Waals surface area (Å²) in [6.45, 7) is 6.87. The highest BCUT2D eigenvalue weighted by Crippen LogP contribution is 2.37. The highest BCUT2D eigenvalue weighted by atomic mass is 16.5. The highest BCUT2D eigenvalue weighted by molar-refractivity contribution is 5.81. The monoisotopic (exact) mass is 268 g/mol. The molecule has 2 fully saturated rings. The smallest absolute Gasteiger partial charge is 0.326 e. The maximum absolute atomic E-state index is 12.2. The van der Waals surface area contributed by atoms with Crippen LogP contribution in [0.1, 0.15) is 46.0 Å². The fourth-order valence-corrected chi connectivity index (χ4v) is 3.28. The molecule has 0 bridgehead atoms. The average Bonchev–Trinajstić information content (AvgIpc) is 3.13. The molecular weight excluding hydrogens is 240 g/mol. The summed E-state index contributed by atoms with van der Waals surface area (Å²) < 4.78 is 5.26. The van der Waals surface area contributed by atoms with E-state index in [2.05, 4.69) is 17.1 Å². The van der Waals surface area contributed by atoms with Crippen LogP contribution in [-0.2, 0) is 9.53 Å². The van der Waals surface area contributed by atoms with E-state index in [0.29, 0.717) is 12.6 Å². The molecule has 0 aromatic heterocycles. The minimum atomic E-state index is -0.447. The second kappa shape index (κ2) is 6.23. The van der Waals surface area contributed by atoms with E-state index in [1.807, 2.05) is 14.0 Å². The molecule has 0 aromatic carbocycles. The summed E-state index contributed by atoms with van der Waals surface area (Å²) in [4.78, 5) is 14.8. The SMILES string of the molecule is CCOC(=O)C1(NC)CCC(N(CC)CC2CC2)C1. The molecule has 2 saturated carbocycles. The summed E-state index contributed by atoms with van der Waals surface area (Å²) in [5.74, 6) is 0.842. The molecule has 0 saturated heterocycles. The number of esters is 1. The number of carbonyl (C=O) groups is 1. The normalized spacial score (nSPS) is 30.8. The third-order valence-corrected chi connectivity index (χ3v) is 4.75. The first-order valence-corrected chi connectivity index (χ1v) is 7.75. The number of ether oxygens (including phenoxy) is 1. The van der Waals surface area contributed by atoms with E-state index < -0.39 is 5.54 Å². The number of nitrogens with zero attached hydrogens (tertiary/aromatic N) is 1. The molecule has 19 heavy (non-hydrogen) atoms. The van der Waals surface area contributed by atoms with Crippen LogP contribution in [-0.4, -0.2) is 49.2 Å². The van der Waals surface area contributed by atoms with Gasteiger partial charge in [0.2, 0.25) is 0 Å². The van der Waals surface area contributed by atoms with Crippen molar-refractivity contribution in [3.05, 3.63) is 0 Å². The Labute approximate surface area is 116 Å². The van der Waals surface area contributed by atoms with E-state index >= 15 is 0 Å². The highest BCUT2D eigenvalue weighted by Gasteiger charge is 2.47. The molecule has 1 N–H and O–H groups in total. The summed E-state index contributed by atoms with van der Waals surface area (Å²) >= 11 is 0. The van der Waals surface area contributed by atoms with Gasteiger partial charge in [0.1, 0.15) is 5.54 Å². The molecule has 0 aromatic rings. The molecule has 2 aliphatic carbocycles. The van der Waals surface area contributed by atoms with Gasteiger partial charge in [-0.1, -0.05) is 6.92 Å². The molecule has 0 amide bonds. The second-order valence-corrected chi connectivity index (χ2v) is 5.98. The molecule has 2 rings (SSSR count). The Morgan fingerprint density at radius 1 is 1.37 bits per heavy atom.